The van der Waals surface area contributed by atoms with E-state index in [1.165, 1.54) is 19.1 Å². The van der Waals surface area contributed by atoms with Gasteiger partial charge in [0.15, 0.2) is 5.75 Å². The number of amides is 1. The van der Waals surface area contributed by atoms with E-state index >= 15 is 0 Å². The largest absolute Gasteiger partial charge is 0.573 e. The Hall–Kier alpha value is -2.12. The van der Waals surface area contributed by atoms with Gasteiger partial charge in [-0.05, 0) is 12.1 Å². The molecule has 0 aliphatic carbocycles. The molecule has 1 aromatic rings. The molecule has 1 heterocycles. The normalized spacial score (nSPS) is 16.0. The molecular weight excluding hydrogens is 287 g/mol. The fourth-order valence-corrected chi connectivity index (χ4v) is 2.21. The van der Waals surface area contributed by atoms with Crippen LogP contribution in [0.5, 0.6) is 5.75 Å². The van der Waals surface area contributed by atoms with Gasteiger partial charge in [0.1, 0.15) is 0 Å². The Kier molecular flexibility index (Phi) is 4.15. The maximum Gasteiger partial charge on any atom is 0.573 e. The van der Waals surface area contributed by atoms with Crippen molar-refractivity contribution in [2.45, 2.75) is 13.3 Å². The Morgan fingerprint density at radius 1 is 1.24 bits per heavy atom. The van der Waals surface area contributed by atoms with Crippen LogP contribution in [0.4, 0.5) is 24.5 Å². The minimum atomic E-state index is -4.78. The van der Waals surface area contributed by atoms with E-state index in [0.29, 0.717) is 31.9 Å². The molecule has 1 fully saturated rings. The molecule has 1 aliphatic rings. The van der Waals surface area contributed by atoms with Gasteiger partial charge in [0.2, 0.25) is 5.91 Å². The molecule has 116 valence electrons. The Labute approximate surface area is 120 Å². The van der Waals surface area contributed by atoms with Crippen molar-refractivity contribution >= 4 is 17.3 Å². The summed E-state index contributed by atoms with van der Waals surface area (Å²) in [4.78, 5) is 14.8. The highest BCUT2D eigenvalue weighted by Crippen LogP contribution is 2.32. The number of rotatable bonds is 2. The molecule has 0 saturated carbocycles. The second-order valence-corrected chi connectivity index (χ2v) is 4.76. The van der Waals surface area contributed by atoms with Gasteiger partial charge < -0.3 is 20.3 Å². The van der Waals surface area contributed by atoms with E-state index in [9.17, 15) is 18.0 Å². The lowest BCUT2D eigenvalue weighted by atomic mass is 10.2. The number of nitrogen functional groups attached to an aromatic ring is 1. The van der Waals surface area contributed by atoms with Gasteiger partial charge in [-0.1, -0.05) is 0 Å². The monoisotopic (exact) mass is 303 g/mol. The quantitative estimate of drug-likeness (QED) is 0.847. The van der Waals surface area contributed by atoms with E-state index in [1.807, 2.05) is 4.90 Å². The maximum absolute atomic E-state index is 12.3. The molecule has 1 aromatic carbocycles. The highest BCUT2D eigenvalue weighted by Gasteiger charge is 2.32. The lowest BCUT2D eigenvalue weighted by molar-refractivity contribution is -0.274. The van der Waals surface area contributed by atoms with Crippen molar-refractivity contribution in [3.8, 4) is 5.75 Å². The summed E-state index contributed by atoms with van der Waals surface area (Å²) in [6, 6.07) is 4.29. The van der Waals surface area contributed by atoms with Gasteiger partial charge in [0.25, 0.3) is 0 Å². The maximum atomic E-state index is 12.3. The average molecular weight is 303 g/mol. The third-order valence-corrected chi connectivity index (χ3v) is 3.31. The topological polar surface area (TPSA) is 58.8 Å². The number of alkyl halides is 3. The number of ether oxygens (including phenoxy) is 1. The summed E-state index contributed by atoms with van der Waals surface area (Å²) in [6.07, 6.45) is -4.78. The SMILES string of the molecule is CC(=O)N1CCN(c2ccc(N)c(OC(F)(F)F)c2)CC1. The molecule has 2 N–H and O–H groups in total. The highest BCUT2D eigenvalue weighted by atomic mass is 19.4. The van der Waals surface area contributed by atoms with Crippen LogP contribution in [0.3, 0.4) is 0 Å². The van der Waals surface area contributed by atoms with E-state index in [4.69, 9.17) is 5.73 Å². The average Bonchev–Trinajstić information content (AvgIpc) is 2.40. The highest BCUT2D eigenvalue weighted by molar-refractivity contribution is 5.73. The lowest BCUT2D eigenvalue weighted by Gasteiger charge is -2.35. The van der Waals surface area contributed by atoms with Crippen LogP contribution >= 0.6 is 0 Å². The number of halogens is 3. The molecule has 0 spiro atoms. The first-order valence-electron chi connectivity index (χ1n) is 6.42. The number of carbonyl (C=O) groups excluding carboxylic acids is 1. The number of nitrogens with zero attached hydrogens (tertiary/aromatic N) is 2. The van der Waals surface area contributed by atoms with Crippen LogP contribution < -0.4 is 15.4 Å². The zero-order chi connectivity index (χ0) is 15.6. The molecule has 0 aromatic heterocycles. The molecule has 0 unspecified atom stereocenters. The molecule has 8 heteroatoms. The van der Waals surface area contributed by atoms with Crippen LogP contribution in [0.15, 0.2) is 18.2 Å². The third-order valence-electron chi connectivity index (χ3n) is 3.31. The van der Waals surface area contributed by atoms with Gasteiger partial charge in [-0.2, -0.15) is 0 Å². The van der Waals surface area contributed by atoms with Crippen molar-refractivity contribution in [1.82, 2.24) is 4.90 Å². The molecule has 1 amide bonds. The van der Waals surface area contributed by atoms with Crippen molar-refractivity contribution in [2.75, 3.05) is 36.8 Å². The van der Waals surface area contributed by atoms with E-state index in [0.717, 1.165) is 0 Å². The number of hydrogen-bond donors (Lipinski definition) is 1. The van der Waals surface area contributed by atoms with Crippen molar-refractivity contribution in [2.24, 2.45) is 0 Å². The summed E-state index contributed by atoms with van der Waals surface area (Å²) in [5.74, 6) is -0.415. The van der Waals surface area contributed by atoms with Gasteiger partial charge in [-0.25, -0.2) is 0 Å². The third kappa shape index (κ3) is 3.93. The number of hydrogen-bond acceptors (Lipinski definition) is 4. The standard InChI is InChI=1S/C13H16F3N3O2/c1-9(20)18-4-6-19(7-5-18)10-2-3-11(17)12(8-10)21-13(14,15)16/h2-3,8H,4-7,17H2,1H3. The molecule has 0 atom stereocenters. The van der Waals surface area contributed by atoms with Crippen molar-refractivity contribution < 1.29 is 22.7 Å². The van der Waals surface area contributed by atoms with Gasteiger partial charge in [0, 0.05) is 44.9 Å². The summed E-state index contributed by atoms with van der Waals surface area (Å²) in [6.45, 7) is 3.67. The molecule has 5 nitrogen and oxygen atoms in total. The van der Waals surface area contributed by atoms with Crippen LogP contribution in [-0.2, 0) is 4.79 Å². The van der Waals surface area contributed by atoms with Crippen LogP contribution in [0.25, 0.3) is 0 Å². The van der Waals surface area contributed by atoms with Gasteiger partial charge >= 0.3 is 6.36 Å². The molecule has 1 saturated heterocycles. The minimum absolute atomic E-state index is 0.00644. The molecule has 0 radical (unpaired) electrons. The van der Waals surface area contributed by atoms with Crippen molar-refractivity contribution in [3.05, 3.63) is 18.2 Å². The summed E-state index contributed by atoms with van der Waals surface area (Å²) < 4.78 is 40.8. The number of nitrogens with two attached hydrogens (primary N) is 1. The van der Waals surface area contributed by atoms with E-state index in [-0.39, 0.29) is 11.6 Å². The Morgan fingerprint density at radius 2 is 1.86 bits per heavy atom. The minimum Gasteiger partial charge on any atom is -0.404 e. The summed E-state index contributed by atoms with van der Waals surface area (Å²) in [5.41, 5.74) is 6.01. The first kappa shape index (κ1) is 15.3. The van der Waals surface area contributed by atoms with E-state index < -0.39 is 12.1 Å². The Morgan fingerprint density at radius 3 is 2.38 bits per heavy atom. The first-order chi connectivity index (χ1) is 9.76. The second kappa shape index (κ2) is 5.71. The zero-order valence-electron chi connectivity index (χ0n) is 11.5. The van der Waals surface area contributed by atoms with Crippen LogP contribution in [0.2, 0.25) is 0 Å². The van der Waals surface area contributed by atoms with Crippen molar-refractivity contribution in [1.29, 1.82) is 0 Å². The zero-order valence-corrected chi connectivity index (χ0v) is 11.5. The Balaban J connectivity index is 2.11. The number of benzene rings is 1. The molecule has 2 rings (SSSR count). The number of piperazine rings is 1. The predicted molar refractivity (Wildman–Crippen MR) is 72.0 cm³/mol. The predicted octanol–water partition coefficient (Wildman–Crippen LogP) is 1.84. The summed E-state index contributed by atoms with van der Waals surface area (Å²) in [5, 5.41) is 0. The smallest absolute Gasteiger partial charge is 0.404 e. The summed E-state index contributed by atoms with van der Waals surface area (Å²) >= 11 is 0. The first-order valence-corrected chi connectivity index (χ1v) is 6.42. The van der Waals surface area contributed by atoms with Gasteiger partial charge in [-0.15, -0.1) is 13.2 Å². The molecular formula is C13H16F3N3O2. The van der Waals surface area contributed by atoms with Crippen molar-refractivity contribution in [3.63, 3.8) is 0 Å². The van der Waals surface area contributed by atoms with Crippen LogP contribution in [-0.4, -0.2) is 43.3 Å². The van der Waals surface area contributed by atoms with Gasteiger partial charge in [0.05, 0.1) is 5.69 Å². The molecule has 1 aliphatic heterocycles. The van der Waals surface area contributed by atoms with Crippen LogP contribution in [0, 0.1) is 0 Å². The summed E-state index contributed by atoms with van der Waals surface area (Å²) in [7, 11) is 0. The molecule has 21 heavy (non-hydrogen) atoms. The second-order valence-electron chi connectivity index (χ2n) is 4.76. The van der Waals surface area contributed by atoms with E-state index in [1.54, 1.807) is 11.0 Å². The van der Waals surface area contributed by atoms with Crippen LogP contribution in [0.1, 0.15) is 6.92 Å². The fraction of sp³-hybridized carbons (Fsp3) is 0.462. The number of carbonyl (C=O) groups is 1. The Bertz CT molecular complexity index is 526. The molecule has 0 bridgehead atoms. The number of anilines is 2. The lowest BCUT2D eigenvalue weighted by Crippen LogP contribution is -2.48. The van der Waals surface area contributed by atoms with E-state index in [2.05, 4.69) is 4.74 Å². The fourth-order valence-electron chi connectivity index (χ4n) is 2.21. The van der Waals surface area contributed by atoms with Gasteiger partial charge in [-0.3, -0.25) is 4.79 Å².